The van der Waals surface area contributed by atoms with Crippen LogP contribution in [0.2, 0.25) is 22.7 Å². The largest absolute Gasteiger partial charge is 0.386 e. The molecule has 92 valence electrons. The summed E-state index contributed by atoms with van der Waals surface area (Å²) in [5.41, 5.74) is 0.539. The van der Waals surface area contributed by atoms with Gasteiger partial charge >= 0.3 is 6.18 Å². The summed E-state index contributed by atoms with van der Waals surface area (Å²) in [6.45, 7) is 11.7. The van der Waals surface area contributed by atoms with E-state index in [2.05, 4.69) is 0 Å². The van der Waals surface area contributed by atoms with Gasteiger partial charge in [-0.05, 0) is 0 Å². The number of halogens is 3. The average molecular weight is 240 g/mol. The van der Waals surface area contributed by atoms with Crippen LogP contribution in [-0.2, 0) is 0 Å². The Hall–Kier alpha value is 0.00688. The summed E-state index contributed by atoms with van der Waals surface area (Å²) in [6, 6.07) is -0.535. The third-order valence-corrected chi connectivity index (χ3v) is 11.2. The highest BCUT2D eigenvalue weighted by Gasteiger charge is 2.49. The van der Waals surface area contributed by atoms with Gasteiger partial charge in [0.1, 0.15) is 0 Å². The Kier molecular flexibility index (Phi) is 4.90. The Morgan fingerprint density at radius 1 is 0.800 bits per heavy atom. The van der Waals surface area contributed by atoms with Gasteiger partial charge < -0.3 is 0 Å². The van der Waals surface area contributed by atoms with Crippen LogP contribution in [-0.4, -0.2) is 14.3 Å². The van der Waals surface area contributed by atoms with Crippen LogP contribution < -0.4 is 0 Å². The molecule has 0 aromatic carbocycles. The minimum Gasteiger partial charge on any atom is -0.172 e. The third kappa shape index (κ3) is 3.50. The first kappa shape index (κ1) is 15.0. The molecule has 0 unspecified atom stereocenters. The number of hydrogen-bond donors (Lipinski definition) is 0. The summed E-state index contributed by atoms with van der Waals surface area (Å²) < 4.78 is 38.0. The van der Waals surface area contributed by atoms with Crippen molar-refractivity contribution >= 4 is 8.07 Å². The van der Waals surface area contributed by atoms with Crippen molar-refractivity contribution in [2.75, 3.05) is 0 Å². The number of rotatable bonds is 4. The van der Waals surface area contributed by atoms with Crippen LogP contribution >= 0.6 is 0 Å². The summed E-state index contributed by atoms with van der Waals surface area (Å²) in [4.78, 5) is 0. The molecule has 0 nitrogen and oxygen atoms in total. The molecule has 0 aliphatic heterocycles. The highest BCUT2D eigenvalue weighted by Crippen LogP contribution is 2.48. The van der Waals surface area contributed by atoms with Gasteiger partial charge in [0.15, 0.2) is 0 Å². The van der Waals surface area contributed by atoms with E-state index in [0.29, 0.717) is 0 Å². The van der Waals surface area contributed by atoms with E-state index in [1.54, 1.807) is 0 Å². The van der Waals surface area contributed by atoms with Crippen LogP contribution in [0.4, 0.5) is 13.2 Å². The van der Waals surface area contributed by atoms with Crippen molar-refractivity contribution < 1.29 is 13.2 Å². The van der Waals surface area contributed by atoms with Crippen LogP contribution in [0, 0.1) is 0 Å². The molecule has 0 amide bonds. The van der Waals surface area contributed by atoms with Crippen molar-refractivity contribution in [3.63, 3.8) is 0 Å². The monoisotopic (exact) mass is 240 g/mol. The first-order valence-electron chi connectivity index (χ1n) is 5.60. The number of alkyl halides is 3. The van der Waals surface area contributed by atoms with E-state index in [4.69, 9.17) is 0 Å². The standard InChI is InChI=1S/C11H23F3Si/c1-8(2)15(9(3)4,10(5)6)7-11(12,13)14/h8-10H,7H2,1-6H3. The minimum atomic E-state index is -4.01. The van der Waals surface area contributed by atoms with Gasteiger partial charge in [-0.25, -0.2) is 0 Å². The lowest BCUT2D eigenvalue weighted by Gasteiger charge is -2.43. The van der Waals surface area contributed by atoms with Gasteiger partial charge in [-0.15, -0.1) is 0 Å². The Balaban J connectivity index is 5.15. The van der Waals surface area contributed by atoms with Crippen molar-refractivity contribution in [3.05, 3.63) is 0 Å². The smallest absolute Gasteiger partial charge is 0.172 e. The second kappa shape index (κ2) is 4.89. The molecule has 0 aromatic rings. The first-order valence-corrected chi connectivity index (χ1v) is 8.04. The van der Waals surface area contributed by atoms with Crippen molar-refractivity contribution in [1.29, 1.82) is 0 Å². The van der Waals surface area contributed by atoms with E-state index in [1.807, 2.05) is 41.5 Å². The highest BCUT2D eigenvalue weighted by molar-refractivity contribution is 6.83. The van der Waals surface area contributed by atoms with Gasteiger partial charge in [0, 0.05) is 6.04 Å². The Morgan fingerprint density at radius 2 is 1.07 bits per heavy atom. The van der Waals surface area contributed by atoms with Gasteiger partial charge in [-0.3, -0.25) is 0 Å². The normalized spacial score (nSPS) is 14.4. The predicted molar refractivity (Wildman–Crippen MR) is 61.9 cm³/mol. The second-order valence-electron chi connectivity index (χ2n) is 5.37. The van der Waals surface area contributed by atoms with Crippen molar-refractivity contribution in [1.82, 2.24) is 0 Å². The molecule has 0 aliphatic rings. The quantitative estimate of drug-likeness (QED) is 0.590. The Morgan fingerprint density at radius 3 is 1.13 bits per heavy atom. The van der Waals surface area contributed by atoms with Gasteiger partial charge in [0.25, 0.3) is 0 Å². The SMILES string of the molecule is CC(C)[Si](CC(F)(F)F)(C(C)C)C(C)C. The molecule has 0 saturated heterocycles. The molecule has 0 radical (unpaired) electrons. The molecule has 0 aromatic heterocycles. The van der Waals surface area contributed by atoms with E-state index in [-0.39, 0.29) is 16.6 Å². The van der Waals surface area contributed by atoms with Crippen LogP contribution in [0.25, 0.3) is 0 Å². The maximum absolute atomic E-state index is 12.7. The molecule has 0 heterocycles. The van der Waals surface area contributed by atoms with E-state index in [0.717, 1.165) is 0 Å². The molecule has 0 aliphatic carbocycles. The van der Waals surface area contributed by atoms with E-state index < -0.39 is 20.3 Å². The zero-order valence-electron chi connectivity index (χ0n) is 10.6. The van der Waals surface area contributed by atoms with Crippen molar-refractivity contribution in [3.8, 4) is 0 Å². The second-order valence-corrected chi connectivity index (χ2v) is 11.4. The molecule has 0 atom stereocenters. The Bertz CT molecular complexity index is 173. The van der Waals surface area contributed by atoms with E-state index in [1.165, 1.54) is 0 Å². The first-order chi connectivity index (χ1) is 6.54. The van der Waals surface area contributed by atoms with Crippen molar-refractivity contribution in [2.45, 2.75) is 70.4 Å². The lowest BCUT2D eigenvalue weighted by molar-refractivity contribution is -0.111. The summed E-state index contributed by atoms with van der Waals surface area (Å²) in [5, 5.41) is 0. The maximum atomic E-state index is 12.7. The molecule has 4 heteroatoms. The lowest BCUT2D eigenvalue weighted by Crippen LogP contribution is -2.47. The van der Waals surface area contributed by atoms with Gasteiger partial charge in [-0.1, -0.05) is 58.2 Å². The molecule has 0 bridgehead atoms. The summed E-state index contributed by atoms with van der Waals surface area (Å²) in [5.74, 6) is 0. The van der Waals surface area contributed by atoms with Crippen LogP contribution in [0.1, 0.15) is 41.5 Å². The van der Waals surface area contributed by atoms with Crippen LogP contribution in [0.3, 0.4) is 0 Å². The van der Waals surface area contributed by atoms with Gasteiger partial charge in [0.2, 0.25) is 0 Å². The lowest BCUT2D eigenvalue weighted by atomic mass is 10.5. The molecular formula is C11H23F3Si. The zero-order chi connectivity index (χ0) is 12.4. The van der Waals surface area contributed by atoms with Crippen LogP contribution in [0.5, 0.6) is 0 Å². The van der Waals surface area contributed by atoms with E-state index >= 15 is 0 Å². The molecule has 0 saturated carbocycles. The Labute approximate surface area is 92.3 Å². The topological polar surface area (TPSA) is 0 Å². The zero-order valence-corrected chi connectivity index (χ0v) is 11.6. The predicted octanol–water partition coefficient (Wildman–Crippen LogP) is 5.23. The third-order valence-electron chi connectivity index (χ3n) is 3.73. The van der Waals surface area contributed by atoms with Crippen LogP contribution in [0.15, 0.2) is 0 Å². The van der Waals surface area contributed by atoms with Gasteiger partial charge in [0.05, 0.1) is 8.07 Å². The number of hydrogen-bond acceptors (Lipinski definition) is 0. The van der Waals surface area contributed by atoms with Gasteiger partial charge in [-0.2, -0.15) is 13.2 Å². The summed E-state index contributed by atoms with van der Waals surface area (Å²) in [6.07, 6.45) is -4.01. The highest BCUT2D eigenvalue weighted by atomic mass is 28.3. The molecule has 15 heavy (non-hydrogen) atoms. The fourth-order valence-electron chi connectivity index (χ4n) is 2.96. The minimum absolute atomic E-state index is 0.180. The molecular weight excluding hydrogens is 217 g/mol. The molecule has 0 rings (SSSR count). The average Bonchev–Trinajstić information content (AvgIpc) is 1.96. The summed E-state index contributed by atoms with van der Waals surface area (Å²) >= 11 is 0. The molecule has 0 spiro atoms. The maximum Gasteiger partial charge on any atom is 0.386 e. The van der Waals surface area contributed by atoms with E-state index in [9.17, 15) is 13.2 Å². The fourth-order valence-corrected chi connectivity index (χ4v) is 8.88. The molecule has 0 N–H and O–H groups in total. The summed E-state index contributed by atoms with van der Waals surface area (Å²) in [7, 11) is -2.29. The molecule has 0 fully saturated rings. The van der Waals surface area contributed by atoms with Crippen molar-refractivity contribution in [2.24, 2.45) is 0 Å². The fraction of sp³-hybridized carbons (Fsp3) is 1.00.